The molecule has 0 atom stereocenters. The Kier molecular flexibility index (Phi) is 7.99. The van der Waals surface area contributed by atoms with Gasteiger partial charge in [-0.1, -0.05) is 18.2 Å². The Bertz CT molecular complexity index is 1460. The van der Waals surface area contributed by atoms with Crippen LogP contribution in [0.2, 0.25) is 0 Å². The van der Waals surface area contributed by atoms with E-state index < -0.39 is 5.82 Å². The Morgan fingerprint density at radius 3 is 2.35 bits per heavy atom. The van der Waals surface area contributed by atoms with E-state index in [1.54, 1.807) is 42.6 Å². The van der Waals surface area contributed by atoms with E-state index in [2.05, 4.69) is 15.6 Å². The number of fused-ring (bicyclic) bond motifs is 1. The largest absolute Gasteiger partial charge is 0.496 e. The number of ether oxygens (including phenoxy) is 4. The van der Waals surface area contributed by atoms with Gasteiger partial charge in [-0.25, -0.2) is 4.39 Å². The van der Waals surface area contributed by atoms with Gasteiger partial charge in [-0.2, -0.15) is 0 Å². The number of benzene rings is 3. The minimum absolute atomic E-state index is 0.000962. The van der Waals surface area contributed by atoms with Gasteiger partial charge in [-0.05, 0) is 42.5 Å². The van der Waals surface area contributed by atoms with E-state index in [4.69, 9.17) is 31.2 Å². The van der Waals surface area contributed by atoms with Crippen molar-refractivity contribution in [3.05, 3.63) is 78.2 Å². The number of carbonyl (C=O) groups excluding carboxylic acids is 1. The third kappa shape index (κ3) is 6.04. The average molecular weight is 522 g/mol. The van der Waals surface area contributed by atoms with Crippen LogP contribution >= 0.6 is 12.2 Å². The molecule has 0 radical (unpaired) electrons. The van der Waals surface area contributed by atoms with Crippen LogP contribution in [-0.4, -0.2) is 37.3 Å². The van der Waals surface area contributed by atoms with E-state index in [9.17, 15) is 9.18 Å². The van der Waals surface area contributed by atoms with Crippen molar-refractivity contribution in [2.45, 2.75) is 6.42 Å². The number of aromatic nitrogens is 1. The molecule has 0 unspecified atom stereocenters. The fourth-order valence-corrected chi connectivity index (χ4v) is 3.90. The molecule has 0 bridgehead atoms. The van der Waals surface area contributed by atoms with Gasteiger partial charge >= 0.3 is 0 Å². The topological polar surface area (TPSA) is 90.9 Å². The molecule has 10 heteroatoms. The first-order valence-electron chi connectivity index (χ1n) is 11.1. The SMILES string of the molecule is COc1ccccc1CC(=O)NC(=S)Nc1ccc(Oc2ccnc3cc(OC)c(OC)cc23)c(F)c1. The Balaban J connectivity index is 1.44. The third-order valence-electron chi connectivity index (χ3n) is 5.41. The molecule has 1 amide bonds. The van der Waals surface area contributed by atoms with Gasteiger partial charge in [0.05, 0.1) is 33.3 Å². The highest BCUT2D eigenvalue weighted by molar-refractivity contribution is 7.80. The summed E-state index contributed by atoms with van der Waals surface area (Å²) in [5.41, 5.74) is 1.67. The Labute approximate surface area is 218 Å². The van der Waals surface area contributed by atoms with Crippen LogP contribution in [0.5, 0.6) is 28.7 Å². The molecule has 4 aromatic rings. The normalized spacial score (nSPS) is 10.5. The molecule has 0 aliphatic rings. The summed E-state index contributed by atoms with van der Waals surface area (Å²) in [6.07, 6.45) is 1.63. The minimum atomic E-state index is -0.626. The van der Waals surface area contributed by atoms with E-state index in [0.29, 0.717) is 39.6 Å². The van der Waals surface area contributed by atoms with Crippen LogP contribution in [0.25, 0.3) is 10.9 Å². The minimum Gasteiger partial charge on any atom is -0.496 e. The number of anilines is 1. The Morgan fingerprint density at radius 2 is 1.62 bits per heavy atom. The summed E-state index contributed by atoms with van der Waals surface area (Å²) in [6, 6.07) is 16.5. The summed E-state index contributed by atoms with van der Waals surface area (Å²) in [5, 5.41) is 6.06. The van der Waals surface area contributed by atoms with Crippen molar-refractivity contribution in [2.24, 2.45) is 0 Å². The number of amides is 1. The van der Waals surface area contributed by atoms with Crippen LogP contribution in [0.15, 0.2) is 66.9 Å². The van der Waals surface area contributed by atoms with E-state index in [-0.39, 0.29) is 23.2 Å². The van der Waals surface area contributed by atoms with Crippen molar-refractivity contribution in [3.63, 3.8) is 0 Å². The van der Waals surface area contributed by atoms with Crippen LogP contribution in [0.4, 0.5) is 10.1 Å². The van der Waals surface area contributed by atoms with Gasteiger partial charge in [0, 0.05) is 35.0 Å². The number of rotatable bonds is 8. The molecule has 1 aromatic heterocycles. The number of para-hydroxylation sites is 1. The zero-order valence-electron chi connectivity index (χ0n) is 20.3. The van der Waals surface area contributed by atoms with Gasteiger partial charge in [0.15, 0.2) is 28.2 Å². The number of carbonyl (C=O) groups is 1. The standard InChI is InChI=1S/C27H24FN3O5S/c1-33-21-7-5-4-6-16(21)12-26(32)31-27(37)30-17-8-9-23(19(28)13-17)36-22-10-11-29-20-15-25(35-3)24(34-2)14-18(20)22/h4-11,13-15H,12H2,1-3H3,(H2,30,31,32,37). The summed E-state index contributed by atoms with van der Waals surface area (Å²) in [6.45, 7) is 0. The Morgan fingerprint density at radius 1 is 0.892 bits per heavy atom. The zero-order chi connectivity index (χ0) is 26.4. The molecule has 8 nitrogen and oxygen atoms in total. The molecule has 0 aliphatic heterocycles. The van der Waals surface area contributed by atoms with Crippen molar-refractivity contribution in [3.8, 4) is 28.7 Å². The molecule has 1 heterocycles. The Hall–Kier alpha value is -4.44. The number of halogens is 1. The molecule has 0 saturated carbocycles. The second-order valence-electron chi connectivity index (χ2n) is 7.77. The summed E-state index contributed by atoms with van der Waals surface area (Å²) < 4.78 is 36.7. The second-order valence-corrected chi connectivity index (χ2v) is 8.18. The quantitative estimate of drug-likeness (QED) is 0.304. The van der Waals surface area contributed by atoms with E-state index >= 15 is 0 Å². The number of hydrogen-bond acceptors (Lipinski definition) is 7. The molecule has 4 rings (SSSR count). The molecule has 37 heavy (non-hydrogen) atoms. The lowest BCUT2D eigenvalue weighted by molar-refractivity contribution is -0.119. The lowest BCUT2D eigenvalue weighted by Crippen LogP contribution is -2.35. The summed E-state index contributed by atoms with van der Waals surface area (Å²) in [4.78, 5) is 16.7. The van der Waals surface area contributed by atoms with Gasteiger partial charge in [-0.3, -0.25) is 9.78 Å². The number of hydrogen-bond donors (Lipinski definition) is 2. The van der Waals surface area contributed by atoms with Crippen molar-refractivity contribution in [1.82, 2.24) is 10.3 Å². The maximum atomic E-state index is 14.9. The van der Waals surface area contributed by atoms with Crippen LogP contribution in [0, 0.1) is 5.82 Å². The number of nitrogens with one attached hydrogen (secondary N) is 2. The zero-order valence-corrected chi connectivity index (χ0v) is 21.1. The molecule has 0 fully saturated rings. The highest BCUT2D eigenvalue weighted by Crippen LogP contribution is 2.37. The highest BCUT2D eigenvalue weighted by Gasteiger charge is 2.14. The number of methoxy groups -OCH3 is 3. The van der Waals surface area contributed by atoms with E-state index in [0.717, 1.165) is 5.56 Å². The number of thiocarbonyl (C=S) groups is 1. The molecule has 2 N–H and O–H groups in total. The average Bonchev–Trinajstić information content (AvgIpc) is 2.89. The van der Waals surface area contributed by atoms with Gasteiger partial charge in [0.2, 0.25) is 5.91 Å². The predicted molar refractivity (Wildman–Crippen MR) is 142 cm³/mol. The summed E-state index contributed by atoms with van der Waals surface area (Å²) >= 11 is 5.21. The van der Waals surface area contributed by atoms with Crippen LogP contribution in [-0.2, 0) is 11.2 Å². The summed E-state index contributed by atoms with van der Waals surface area (Å²) in [5.74, 6) is 1.05. The molecule has 0 spiro atoms. The molecule has 3 aromatic carbocycles. The maximum Gasteiger partial charge on any atom is 0.230 e. The van der Waals surface area contributed by atoms with Gasteiger partial charge < -0.3 is 29.6 Å². The molecular weight excluding hydrogens is 497 g/mol. The van der Waals surface area contributed by atoms with Crippen molar-refractivity contribution >= 4 is 39.8 Å². The predicted octanol–water partition coefficient (Wildman–Crippen LogP) is 5.25. The van der Waals surface area contributed by atoms with Crippen LogP contribution in [0.3, 0.4) is 0 Å². The third-order valence-corrected chi connectivity index (χ3v) is 5.62. The smallest absolute Gasteiger partial charge is 0.230 e. The lowest BCUT2D eigenvalue weighted by Gasteiger charge is -2.14. The second kappa shape index (κ2) is 11.5. The maximum absolute atomic E-state index is 14.9. The number of nitrogens with zero attached hydrogens (tertiary/aromatic N) is 1. The van der Waals surface area contributed by atoms with Crippen molar-refractivity contribution < 1.29 is 28.1 Å². The van der Waals surface area contributed by atoms with Gasteiger partial charge in [0.1, 0.15) is 11.5 Å². The molecular formula is C27H24FN3O5S. The van der Waals surface area contributed by atoms with Crippen molar-refractivity contribution in [2.75, 3.05) is 26.6 Å². The first-order valence-corrected chi connectivity index (χ1v) is 11.5. The lowest BCUT2D eigenvalue weighted by atomic mass is 10.1. The molecule has 0 saturated heterocycles. The van der Waals surface area contributed by atoms with Crippen LogP contribution < -0.4 is 29.6 Å². The molecule has 0 aliphatic carbocycles. The first-order chi connectivity index (χ1) is 17.9. The highest BCUT2D eigenvalue weighted by atomic mass is 32.1. The molecule has 190 valence electrons. The van der Waals surface area contributed by atoms with E-state index in [1.165, 1.54) is 33.5 Å². The fourth-order valence-electron chi connectivity index (χ4n) is 3.67. The van der Waals surface area contributed by atoms with E-state index in [1.807, 2.05) is 12.1 Å². The summed E-state index contributed by atoms with van der Waals surface area (Å²) in [7, 11) is 4.60. The van der Waals surface area contributed by atoms with Gasteiger partial charge in [0.25, 0.3) is 0 Å². The van der Waals surface area contributed by atoms with Gasteiger partial charge in [-0.15, -0.1) is 0 Å². The fraction of sp³-hybridized carbons (Fsp3) is 0.148. The first kappa shape index (κ1) is 25.6. The van der Waals surface area contributed by atoms with Crippen LogP contribution in [0.1, 0.15) is 5.56 Å². The van der Waals surface area contributed by atoms with Crippen molar-refractivity contribution in [1.29, 1.82) is 0 Å². The number of pyridine rings is 1. The monoisotopic (exact) mass is 521 g/mol.